The smallest absolute Gasteiger partial charge is 0.222 e. The number of hydrogen-bond acceptors (Lipinski definition) is 2. The van der Waals surface area contributed by atoms with Crippen LogP contribution in [0.15, 0.2) is 30.3 Å². The van der Waals surface area contributed by atoms with E-state index < -0.39 is 0 Å². The molecule has 0 N–H and O–H groups in total. The van der Waals surface area contributed by atoms with Crippen LogP contribution in [0.5, 0.6) is 0 Å². The van der Waals surface area contributed by atoms with Crippen molar-refractivity contribution < 1.29 is 9.59 Å². The van der Waals surface area contributed by atoms with Crippen LogP contribution in [-0.4, -0.2) is 29.7 Å². The summed E-state index contributed by atoms with van der Waals surface area (Å²) in [6, 6.07) is 10.1. The second kappa shape index (κ2) is 6.21. The van der Waals surface area contributed by atoms with Crippen molar-refractivity contribution in [1.82, 2.24) is 4.90 Å². The Morgan fingerprint density at radius 1 is 1.25 bits per heavy atom. The van der Waals surface area contributed by atoms with Gasteiger partial charge in [0, 0.05) is 32.4 Å². The number of rotatable bonds is 6. The van der Waals surface area contributed by atoms with Crippen LogP contribution in [-0.2, 0) is 15.0 Å². The molecule has 1 fully saturated rings. The van der Waals surface area contributed by atoms with Gasteiger partial charge in [0.1, 0.15) is 5.78 Å². The van der Waals surface area contributed by atoms with Gasteiger partial charge >= 0.3 is 0 Å². The fraction of sp³-hybridized carbons (Fsp3) is 0.529. The Bertz CT molecular complexity index is 479. The third kappa shape index (κ3) is 3.69. The standard InChI is InChI=1S/C17H23NO2/c1-17(2,14-7-4-3-5-8-14)13-15(19)10-12-18-11-6-9-16(18)20/h3-5,7-8H,6,9-13H2,1-2H3. The summed E-state index contributed by atoms with van der Waals surface area (Å²) >= 11 is 0. The monoisotopic (exact) mass is 273 g/mol. The van der Waals surface area contributed by atoms with E-state index in [0.29, 0.717) is 25.8 Å². The molecule has 1 aliphatic rings. The minimum absolute atomic E-state index is 0.145. The van der Waals surface area contributed by atoms with Gasteiger partial charge in [0.05, 0.1) is 0 Å². The van der Waals surface area contributed by atoms with Crippen LogP contribution in [0.4, 0.5) is 0 Å². The van der Waals surface area contributed by atoms with E-state index in [2.05, 4.69) is 26.0 Å². The zero-order valence-electron chi connectivity index (χ0n) is 12.4. The average molecular weight is 273 g/mol. The van der Waals surface area contributed by atoms with E-state index >= 15 is 0 Å². The molecule has 108 valence electrons. The summed E-state index contributed by atoms with van der Waals surface area (Å²) < 4.78 is 0. The lowest BCUT2D eigenvalue weighted by Crippen LogP contribution is -2.29. The molecule has 0 aromatic heterocycles. The average Bonchev–Trinajstić information content (AvgIpc) is 2.82. The van der Waals surface area contributed by atoms with Gasteiger partial charge in [0.25, 0.3) is 0 Å². The van der Waals surface area contributed by atoms with Gasteiger partial charge in [-0.3, -0.25) is 9.59 Å². The third-order valence-corrected chi connectivity index (χ3v) is 4.03. The first-order chi connectivity index (χ1) is 9.49. The molecule has 1 aliphatic heterocycles. The summed E-state index contributed by atoms with van der Waals surface area (Å²) in [5, 5.41) is 0. The molecule has 0 atom stereocenters. The van der Waals surface area contributed by atoms with E-state index in [1.54, 1.807) is 0 Å². The van der Waals surface area contributed by atoms with Crippen LogP contribution in [0.3, 0.4) is 0 Å². The number of benzene rings is 1. The zero-order chi connectivity index (χ0) is 14.6. The minimum Gasteiger partial charge on any atom is -0.342 e. The molecule has 2 rings (SSSR count). The Kier molecular flexibility index (Phi) is 4.58. The van der Waals surface area contributed by atoms with Gasteiger partial charge < -0.3 is 4.90 Å². The van der Waals surface area contributed by atoms with E-state index in [-0.39, 0.29) is 17.1 Å². The van der Waals surface area contributed by atoms with Crippen LogP contribution in [0.2, 0.25) is 0 Å². The summed E-state index contributed by atoms with van der Waals surface area (Å²) in [6.07, 6.45) is 2.58. The molecule has 0 spiro atoms. The Balaban J connectivity index is 1.86. The molecule has 1 aromatic carbocycles. The Hall–Kier alpha value is -1.64. The molecule has 3 heteroatoms. The molecule has 0 bridgehead atoms. The number of hydrogen-bond donors (Lipinski definition) is 0. The highest BCUT2D eigenvalue weighted by Gasteiger charge is 2.25. The van der Waals surface area contributed by atoms with Crippen molar-refractivity contribution in [3.8, 4) is 0 Å². The zero-order valence-corrected chi connectivity index (χ0v) is 12.4. The number of nitrogens with zero attached hydrogens (tertiary/aromatic N) is 1. The second-order valence-corrected chi connectivity index (χ2v) is 6.20. The molecule has 3 nitrogen and oxygen atoms in total. The molecule has 20 heavy (non-hydrogen) atoms. The van der Waals surface area contributed by atoms with Gasteiger partial charge in [-0.2, -0.15) is 0 Å². The highest BCUT2D eigenvalue weighted by Crippen LogP contribution is 2.27. The van der Waals surface area contributed by atoms with Crippen LogP contribution in [0, 0.1) is 0 Å². The number of Topliss-reactive ketones (excluding diaryl/α,β-unsaturated/α-hetero) is 1. The van der Waals surface area contributed by atoms with Crippen LogP contribution in [0.25, 0.3) is 0 Å². The number of ketones is 1. The summed E-state index contributed by atoms with van der Waals surface area (Å²) in [7, 11) is 0. The maximum absolute atomic E-state index is 12.2. The summed E-state index contributed by atoms with van der Waals surface area (Å²) in [4.78, 5) is 25.5. The first-order valence-electron chi connectivity index (χ1n) is 7.34. The van der Waals surface area contributed by atoms with Gasteiger partial charge in [-0.05, 0) is 17.4 Å². The number of carbonyl (C=O) groups is 2. The highest BCUT2D eigenvalue weighted by molar-refractivity contribution is 5.82. The molecule has 1 amide bonds. The fourth-order valence-electron chi connectivity index (χ4n) is 2.77. The normalized spacial score (nSPS) is 15.7. The van der Waals surface area contributed by atoms with Crippen molar-refractivity contribution in [3.05, 3.63) is 35.9 Å². The molecule has 0 saturated carbocycles. The van der Waals surface area contributed by atoms with Crippen LogP contribution < -0.4 is 0 Å². The number of amides is 1. The molecule has 1 heterocycles. The topological polar surface area (TPSA) is 37.4 Å². The van der Waals surface area contributed by atoms with Crippen molar-refractivity contribution in [1.29, 1.82) is 0 Å². The third-order valence-electron chi connectivity index (χ3n) is 4.03. The van der Waals surface area contributed by atoms with Crippen molar-refractivity contribution in [2.24, 2.45) is 0 Å². The van der Waals surface area contributed by atoms with Crippen molar-refractivity contribution >= 4 is 11.7 Å². The van der Waals surface area contributed by atoms with Crippen LogP contribution >= 0.6 is 0 Å². The highest BCUT2D eigenvalue weighted by atomic mass is 16.2. The maximum atomic E-state index is 12.2. The first-order valence-corrected chi connectivity index (χ1v) is 7.34. The predicted octanol–water partition coefficient (Wildman–Crippen LogP) is 2.94. The van der Waals surface area contributed by atoms with Gasteiger partial charge in [0.15, 0.2) is 0 Å². The van der Waals surface area contributed by atoms with Gasteiger partial charge in [-0.1, -0.05) is 44.2 Å². The van der Waals surface area contributed by atoms with Gasteiger partial charge in [-0.15, -0.1) is 0 Å². The summed E-state index contributed by atoms with van der Waals surface area (Å²) in [5.41, 5.74) is 1.04. The predicted molar refractivity (Wildman–Crippen MR) is 79.5 cm³/mol. The Morgan fingerprint density at radius 2 is 1.95 bits per heavy atom. The van der Waals surface area contributed by atoms with E-state index in [4.69, 9.17) is 0 Å². The van der Waals surface area contributed by atoms with Gasteiger partial charge in [0.2, 0.25) is 5.91 Å². The lowest BCUT2D eigenvalue weighted by atomic mass is 9.80. The maximum Gasteiger partial charge on any atom is 0.222 e. The van der Waals surface area contributed by atoms with Crippen molar-refractivity contribution in [3.63, 3.8) is 0 Å². The van der Waals surface area contributed by atoms with E-state index in [1.807, 2.05) is 23.1 Å². The van der Waals surface area contributed by atoms with E-state index in [0.717, 1.165) is 13.0 Å². The largest absolute Gasteiger partial charge is 0.342 e. The molecule has 1 aromatic rings. The second-order valence-electron chi connectivity index (χ2n) is 6.20. The lowest BCUT2D eigenvalue weighted by molar-refractivity contribution is -0.128. The van der Waals surface area contributed by atoms with Crippen LogP contribution in [0.1, 0.15) is 45.1 Å². The lowest BCUT2D eigenvalue weighted by Gasteiger charge is -2.25. The molecule has 0 unspecified atom stereocenters. The fourth-order valence-corrected chi connectivity index (χ4v) is 2.77. The first kappa shape index (κ1) is 14.8. The summed E-state index contributed by atoms with van der Waals surface area (Å²) in [5.74, 6) is 0.429. The van der Waals surface area contributed by atoms with E-state index in [9.17, 15) is 9.59 Å². The van der Waals surface area contributed by atoms with Gasteiger partial charge in [-0.25, -0.2) is 0 Å². The minimum atomic E-state index is -0.145. The molecule has 0 aliphatic carbocycles. The number of carbonyl (C=O) groups excluding carboxylic acids is 2. The Morgan fingerprint density at radius 3 is 2.55 bits per heavy atom. The molecule has 0 radical (unpaired) electrons. The van der Waals surface area contributed by atoms with Crippen molar-refractivity contribution in [2.75, 3.05) is 13.1 Å². The number of likely N-dealkylation sites (tertiary alicyclic amines) is 1. The molecular formula is C17H23NO2. The quantitative estimate of drug-likeness (QED) is 0.799. The van der Waals surface area contributed by atoms with E-state index in [1.165, 1.54) is 5.56 Å². The Labute approximate surface area is 121 Å². The molecular weight excluding hydrogens is 250 g/mol. The van der Waals surface area contributed by atoms with Crippen molar-refractivity contribution in [2.45, 2.75) is 44.9 Å². The summed E-state index contributed by atoms with van der Waals surface area (Å²) in [6.45, 7) is 5.60. The molecule has 1 saturated heterocycles. The SMILES string of the molecule is CC(C)(CC(=O)CCN1CCCC1=O)c1ccccc1.